The van der Waals surface area contributed by atoms with Crippen molar-refractivity contribution >= 4 is 21.4 Å². The largest absolute Gasteiger partial charge is 0.305 e. The van der Waals surface area contributed by atoms with E-state index in [9.17, 15) is 0 Å². The molecule has 2 aromatic carbocycles. The third-order valence-corrected chi connectivity index (χ3v) is 5.78. The molecule has 24 heavy (non-hydrogen) atoms. The maximum absolute atomic E-state index is 2.45. The molecule has 2 nitrogen and oxygen atoms in total. The van der Waals surface area contributed by atoms with E-state index in [4.69, 9.17) is 0 Å². The quantitative estimate of drug-likeness (QED) is 0.693. The average molecular weight is 337 g/mol. The van der Waals surface area contributed by atoms with Crippen LogP contribution in [-0.2, 0) is 13.1 Å². The molecule has 0 spiro atoms. The van der Waals surface area contributed by atoms with Crippen molar-refractivity contribution in [2.24, 2.45) is 0 Å². The van der Waals surface area contributed by atoms with Crippen molar-refractivity contribution in [3.63, 3.8) is 0 Å². The van der Waals surface area contributed by atoms with E-state index in [1.54, 1.807) is 0 Å². The average Bonchev–Trinajstić information content (AvgIpc) is 3.00. The van der Waals surface area contributed by atoms with Gasteiger partial charge >= 0.3 is 0 Å². The molecular formula is C21H24N2S. The molecule has 0 fully saturated rings. The van der Waals surface area contributed by atoms with Crippen molar-refractivity contribution in [3.8, 4) is 0 Å². The maximum atomic E-state index is 2.45. The summed E-state index contributed by atoms with van der Waals surface area (Å²) in [6.45, 7) is 3.15. The minimum absolute atomic E-state index is 0.471. The summed E-state index contributed by atoms with van der Waals surface area (Å²) in [5.41, 5.74) is 5.84. The van der Waals surface area contributed by atoms with Crippen molar-refractivity contribution in [3.05, 3.63) is 70.1 Å². The summed E-state index contributed by atoms with van der Waals surface area (Å²) in [5.74, 6) is 0.471. The van der Waals surface area contributed by atoms with Crippen LogP contribution in [0.15, 0.2) is 47.8 Å². The summed E-state index contributed by atoms with van der Waals surface area (Å²) in [4.78, 5) is 4.68. The normalized spacial score (nSPS) is 18.2. The fourth-order valence-corrected chi connectivity index (χ4v) is 4.68. The van der Waals surface area contributed by atoms with Gasteiger partial charge in [0.05, 0.1) is 0 Å². The zero-order valence-corrected chi connectivity index (χ0v) is 15.4. The van der Waals surface area contributed by atoms with Crippen LogP contribution in [-0.4, -0.2) is 37.5 Å². The van der Waals surface area contributed by atoms with Crippen LogP contribution in [0.1, 0.15) is 28.2 Å². The molecule has 1 aliphatic rings. The highest BCUT2D eigenvalue weighted by molar-refractivity contribution is 7.17. The summed E-state index contributed by atoms with van der Waals surface area (Å²) in [6, 6.07) is 16.3. The molecule has 2 heterocycles. The van der Waals surface area contributed by atoms with Gasteiger partial charge in [0.25, 0.3) is 0 Å². The zero-order valence-electron chi connectivity index (χ0n) is 14.6. The summed E-state index contributed by atoms with van der Waals surface area (Å²) in [5, 5.41) is 3.54. The second kappa shape index (κ2) is 6.32. The molecule has 0 saturated heterocycles. The Hall–Kier alpha value is -1.68. The minimum Gasteiger partial charge on any atom is -0.305 e. The molecule has 1 aromatic heterocycles. The van der Waals surface area contributed by atoms with Crippen molar-refractivity contribution in [2.75, 3.05) is 27.7 Å². The minimum atomic E-state index is 0.471. The number of nitrogens with zero attached hydrogens (tertiary/aromatic N) is 2. The fraction of sp³-hybridized carbons (Fsp3) is 0.333. The van der Waals surface area contributed by atoms with Crippen LogP contribution in [0.5, 0.6) is 0 Å². The van der Waals surface area contributed by atoms with E-state index >= 15 is 0 Å². The number of benzene rings is 2. The Balaban J connectivity index is 1.74. The van der Waals surface area contributed by atoms with Gasteiger partial charge in [-0.15, -0.1) is 11.3 Å². The number of likely N-dealkylation sites (N-methyl/N-ethyl adjacent to an activating group) is 1. The van der Waals surface area contributed by atoms with Crippen LogP contribution >= 0.6 is 11.3 Å². The molecule has 4 rings (SSSR count). The van der Waals surface area contributed by atoms with Crippen LogP contribution in [0.4, 0.5) is 0 Å². The van der Waals surface area contributed by atoms with Gasteiger partial charge in [0, 0.05) is 30.3 Å². The van der Waals surface area contributed by atoms with Crippen LogP contribution in [0, 0.1) is 0 Å². The topological polar surface area (TPSA) is 6.48 Å². The third kappa shape index (κ3) is 3.00. The van der Waals surface area contributed by atoms with Crippen molar-refractivity contribution in [1.29, 1.82) is 0 Å². The molecule has 1 atom stereocenters. The highest BCUT2D eigenvalue weighted by Gasteiger charge is 2.25. The number of rotatable bonds is 3. The zero-order chi connectivity index (χ0) is 16.7. The third-order valence-electron chi connectivity index (χ3n) is 4.90. The Bertz CT molecular complexity index is 865. The Morgan fingerprint density at radius 1 is 1.12 bits per heavy atom. The van der Waals surface area contributed by atoms with E-state index in [1.165, 1.54) is 32.3 Å². The standard InChI is InChI=1S/C21H24N2S/c1-22(2)12-15-4-7-19-18(10-15)13-23(3)14-20(19)17-6-5-16-8-9-24-21(16)11-17/h4-11,20H,12-14H2,1-3H3. The van der Waals surface area contributed by atoms with E-state index in [0.717, 1.165) is 19.6 Å². The first-order valence-electron chi connectivity index (χ1n) is 8.52. The molecule has 0 bridgehead atoms. The van der Waals surface area contributed by atoms with Crippen molar-refractivity contribution in [2.45, 2.75) is 19.0 Å². The van der Waals surface area contributed by atoms with Gasteiger partial charge in [-0.05, 0) is 66.3 Å². The molecule has 0 N–H and O–H groups in total. The van der Waals surface area contributed by atoms with Crippen LogP contribution < -0.4 is 0 Å². The lowest BCUT2D eigenvalue weighted by atomic mass is 9.84. The van der Waals surface area contributed by atoms with Crippen LogP contribution in [0.3, 0.4) is 0 Å². The van der Waals surface area contributed by atoms with Gasteiger partial charge in [-0.2, -0.15) is 0 Å². The number of fused-ring (bicyclic) bond motifs is 2. The Morgan fingerprint density at radius 2 is 2.00 bits per heavy atom. The molecule has 3 aromatic rings. The van der Waals surface area contributed by atoms with Crippen molar-refractivity contribution < 1.29 is 0 Å². The maximum Gasteiger partial charge on any atom is 0.0345 e. The van der Waals surface area contributed by atoms with Gasteiger partial charge in [0.1, 0.15) is 0 Å². The summed E-state index contributed by atoms with van der Waals surface area (Å²) < 4.78 is 1.39. The van der Waals surface area contributed by atoms with Gasteiger partial charge in [0.15, 0.2) is 0 Å². The summed E-state index contributed by atoms with van der Waals surface area (Å²) >= 11 is 1.84. The second-order valence-electron chi connectivity index (χ2n) is 7.24. The Morgan fingerprint density at radius 3 is 2.83 bits per heavy atom. The van der Waals surface area contributed by atoms with Gasteiger partial charge < -0.3 is 9.80 Å². The number of thiophene rings is 1. The van der Waals surface area contributed by atoms with Crippen molar-refractivity contribution in [1.82, 2.24) is 9.80 Å². The first kappa shape index (κ1) is 15.8. The number of hydrogen-bond donors (Lipinski definition) is 0. The van der Waals surface area contributed by atoms with Gasteiger partial charge in [0.2, 0.25) is 0 Å². The highest BCUT2D eigenvalue weighted by Crippen LogP contribution is 2.35. The van der Waals surface area contributed by atoms with E-state index in [-0.39, 0.29) is 0 Å². The summed E-state index contributed by atoms with van der Waals surface area (Å²) in [7, 11) is 6.49. The molecule has 1 unspecified atom stereocenters. The molecule has 0 amide bonds. The molecule has 0 aliphatic carbocycles. The predicted octanol–water partition coefficient (Wildman–Crippen LogP) is 4.54. The Kier molecular flexibility index (Phi) is 4.17. The molecule has 1 aliphatic heterocycles. The Labute approximate surface area is 148 Å². The lowest BCUT2D eigenvalue weighted by Gasteiger charge is -2.33. The van der Waals surface area contributed by atoms with E-state index in [2.05, 4.69) is 78.8 Å². The van der Waals surface area contributed by atoms with Crippen LogP contribution in [0.2, 0.25) is 0 Å². The summed E-state index contributed by atoms with van der Waals surface area (Å²) in [6.07, 6.45) is 0. The molecule has 0 radical (unpaired) electrons. The monoisotopic (exact) mass is 336 g/mol. The van der Waals surface area contributed by atoms with E-state index in [1.807, 2.05) is 11.3 Å². The van der Waals surface area contributed by atoms with Crippen LogP contribution in [0.25, 0.3) is 10.1 Å². The lowest BCUT2D eigenvalue weighted by molar-refractivity contribution is 0.294. The first-order chi connectivity index (χ1) is 11.6. The second-order valence-corrected chi connectivity index (χ2v) is 8.19. The van der Waals surface area contributed by atoms with Gasteiger partial charge in [-0.25, -0.2) is 0 Å². The molecule has 124 valence electrons. The number of hydrogen-bond acceptors (Lipinski definition) is 3. The van der Waals surface area contributed by atoms with Gasteiger partial charge in [-0.3, -0.25) is 0 Å². The molecular weight excluding hydrogens is 312 g/mol. The van der Waals surface area contributed by atoms with E-state index in [0.29, 0.717) is 5.92 Å². The molecule has 3 heteroatoms. The van der Waals surface area contributed by atoms with E-state index < -0.39 is 0 Å². The highest BCUT2D eigenvalue weighted by atomic mass is 32.1. The molecule has 0 saturated carbocycles. The van der Waals surface area contributed by atoms with Gasteiger partial charge in [-0.1, -0.05) is 30.3 Å². The first-order valence-corrected chi connectivity index (χ1v) is 9.40. The fourth-order valence-electron chi connectivity index (χ4n) is 3.84. The smallest absolute Gasteiger partial charge is 0.0345 e. The predicted molar refractivity (Wildman–Crippen MR) is 104 cm³/mol. The lowest BCUT2D eigenvalue weighted by Crippen LogP contribution is -2.31. The SMILES string of the molecule is CN(C)Cc1ccc2c(c1)CN(C)CC2c1ccc2ccsc2c1.